The maximum atomic E-state index is 11.0. The van der Waals surface area contributed by atoms with Crippen LogP contribution < -0.4 is 0 Å². The van der Waals surface area contributed by atoms with Gasteiger partial charge in [0.2, 0.25) is 0 Å². The van der Waals surface area contributed by atoms with Crippen molar-refractivity contribution >= 4 is 0 Å². The highest BCUT2D eigenvalue weighted by molar-refractivity contribution is 5.05. The SMILES string of the molecule is OC1(C2CCCOC2)CCN2CCCCC21. The van der Waals surface area contributed by atoms with Crippen molar-refractivity contribution in [3.63, 3.8) is 0 Å². The van der Waals surface area contributed by atoms with Crippen LogP contribution in [0.1, 0.15) is 38.5 Å². The van der Waals surface area contributed by atoms with Gasteiger partial charge in [0, 0.05) is 25.1 Å². The number of aliphatic hydroxyl groups is 1. The third-order valence-electron chi connectivity index (χ3n) is 4.86. The average molecular weight is 225 g/mol. The van der Waals surface area contributed by atoms with Gasteiger partial charge in [0.25, 0.3) is 0 Å². The first-order valence-corrected chi connectivity index (χ1v) is 6.85. The molecule has 16 heavy (non-hydrogen) atoms. The van der Waals surface area contributed by atoms with Crippen LogP contribution in [0.25, 0.3) is 0 Å². The molecule has 0 spiro atoms. The van der Waals surface area contributed by atoms with E-state index in [0.717, 1.165) is 39.0 Å². The van der Waals surface area contributed by atoms with Crippen molar-refractivity contribution in [2.75, 3.05) is 26.3 Å². The van der Waals surface area contributed by atoms with Crippen LogP contribution in [-0.4, -0.2) is 48.0 Å². The molecule has 3 saturated heterocycles. The van der Waals surface area contributed by atoms with Crippen molar-refractivity contribution in [3.05, 3.63) is 0 Å². The van der Waals surface area contributed by atoms with Gasteiger partial charge in [-0.3, -0.25) is 4.90 Å². The van der Waals surface area contributed by atoms with Crippen molar-refractivity contribution in [1.29, 1.82) is 0 Å². The molecule has 3 atom stereocenters. The Balaban J connectivity index is 1.75. The number of piperidine rings is 1. The molecule has 0 aromatic carbocycles. The zero-order valence-corrected chi connectivity index (χ0v) is 10.0. The molecule has 3 unspecified atom stereocenters. The normalized spacial score (nSPS) is 45.6. The van der Waals surface area contributed by atoms with Crippen LogP contribution in [0.5, 0.6) is 0 Å². The third-order valence-corrected chi connectivity index (χ3v) is 4.86. The number of hydrogen-bond acceptors (Lipinski definition) is 3. The van der Waals surface area contributed by atoms with Crippen LogP contribution >= 0.6 is 0 Å². The fourth-order valence-electron chi connectivity index (χ4n) is 3.93. The lowest BCUT2D eigenvalue weighted by molar-refractivity contribution is -0.101. The van der Waals surface area contributed by atoms with Crippen molar-refractivity contribution in [2.45, 2.75) is 50.2 Å². The predicted octanol–water partition coefficient (Wildman–Crippen LogP) is 1.40. The van der Waals surface area contributed by atoms with E-state index in [-0.39, 0.29) is 0 Å². The standard InChI is InChI=1S/C13H23NO2/c15-13(11-4-3-9-16-10-11)6-8-14-7-2-1-5-12(13)14/h11-12,15H,1-10H2. The Morgan fingerprint density at radius 2 is 2.06 bits per heavy atom. The summed E-state index contributed by atoms with van der Waals surface area (Å²) in [6.07, 6.45) is 7.03. The summed E-state index contributed by atoms with van der Waals surface area (Å²) in [6, 6.07) is 0.424. The van der Waals surface area contributed by atoms with Crippen molar-refractivity contribution < 1.29 is 9.84 Å². The lowest BCUT2D eigenvalue weighted by Crippen LogP contribution is -2.53. The quantitative estimate of drug-likeness (QED) is 0.732. The zero-order valence-electron chi connectivity index (χ0n) is 10.0. The fraction of sp³-hybridized carbons (Fsp3) is 1.00. The van der Waals surface area contributed by atoms with Gasteiger partial charge < -0.3 is 9.84 Å². The molecule has 0 saturated carbocycles. The molecule has 3 aliphatic heterocycles. The molecule has 0 bridgehead atoms. The minimum absolute atomic E-state index is 0.384. The summed E-state index contributed by atoms with van der Waals surface area (Å²) in [4.78, 5) is 2.51. The molecule has 3 aliphatic rings. The van der Waals surface area contributed by atoms with E-state index in [9.17, 15) is 5.11 Å². The van der Waals surface area contributed by atoms with Gasteiger partial charge in [-0.15, -0.1) is 0 Å². The van der Waals surface area contributed by atoms with Crippen LogP contribution in [0.3, 0.4) is 0 Å². The van der Waals surface area contributed by atoms with Crippen LogP contribution in [-0.2, 0) is 4.74 Å². The van der Waals surface area contributed by atoms with Crippen LogP contribution in [0.2, 0.25) is 0 Å². The molecular weight excluding hydrogens is 202 g/mol. The van der Waals surface area contributed by atoms with E-state index >= 15 is 0 Å². The Morgan fingerprint density at radius 3 is 2.88 bits per heavy atom. The van der Waals surface area contributed by atoms with E-state index in [1.165, 1.54) is 25.8 Å². The molecule has 92 valence electrons. The lowest BCUT2D eigenvalue weighted by Gasteiger charge is -2.43. The highest BCUT2D eigenvalue weighted by atomic mass is 16.5. The molecule has 0 aromatic heterocycles. The second kappa shape index (κ2) is 4.28. The number of hydrogen-bond donors (Lipinski definition) is 1. The maximum Gasteiger partial charge on any atom is 0.0864 e. The summed E-state index contributed by atoms with van der Waals surface area (Å²) < 4.78 is 5.56. The predicted molar refractivity (Wildman–Crippen MR) is 62.3 cm³/mol. The average Bonchev–Trinajstić information content (AvgIpc) is 2.71. The van der Waals surface area contributed by atoms with Gasteiger partial charge in [-0.2, -0.15) is 0 Å². The van der Waals surface area contributed by atoms with Crippen LogP contribution in [0, 0.1) is 5.92 Å². The van der Waals surface area contributed by atoms with Crippen LogP contribution in [0.4, 0.5) is 0 Å². The van der Waals surface area contributed by atoms with E-state index in [2.05, 4.69) is 4.90 Å². The van der Waals surface area contributed by atoms with E-state index in [1.807, 2.05) is 0 Å². The van der Waals surface area contributed by atoms with E-state index < -0.39 is 5.60 Å². The molecule has 0 radical (unpaired) electrons. The van der Waals surface area contributed by atoms with E-state index in [0.29, 0.717) is 12.0 Å². The Kier molecular flexibility index (Phi) is 2.94. The summed E-state index contributed by atoms with van der Waals surface area (Å²) in [6.45, 7) is 3.96. The smallest absolute Gasteiger partial charge is 0.0864 e. The third kappa shape index (κ3) is 1.69. The Bertz CT molecular complexity index is 252. The Labute approximate surface area is 97.8 Å². The molecule has 3 nitrogen and oxygen atoms in total. The van der Waals surface area contributed by atoms with Gasteiger partial charge >= 0.3 is 0 Å². The Morgan fingerprint density at radius 1 is 1.12 bits per heavy atom. The van der Waals surface area contributed by atoms with Crippen molar-refractivity contribution in [1.82, 2.24) is 4.90 Å². The largest absolute Gasteiger partial charge is 0.388 e. The van der Waals surface area contributed by atoms with Gasteiger partial charge in [-0.25, -0.2) is 0 Å². The number of nitrogens with zero attached hydrogens (tertiary/aromatic N) is 1. The topological polar surface area (TPSA) is 32.7 Å². The lowest BCUT2D eigenvalue weighted by atomic mass is 9.76. The zero-order chi connectivity index (χ0) is 11.0. The fourth-order valence-corrected chi connectivity index (χ4v) is 3.93. The van der Waals surface area contributed by atoms with Gasteiger partial charge in [-0.05, 0) is 38.6 Å². The summed E-state index contributed by atoms with van der Waals surface area (Å²) >= 11 is 0. The molecule has 0 aliphatic carbocycles. The van der Waals surface area contributed by atoms with E-state index in [4.69, 9.17) is 4.74 Å². The minimum Gasteiger partial charge on any atom is -0.388 e. The second-order valence-electron chi connectivity index (χ2n) is 5.70. The monoisotopic (exact) mass is 225 g/mol. The first-order valence-electron chi connectivity index (χ1n) is 6.85. The summed E-state index contributed by atoms with van der Waals surface area (Å²) in [5.74, 6) is 0.384. The van der Waals surface area contributed by atoms with Gasteiger partial charge in [-0.1, -0.05) is 6.42 Å². The van der Waals surface area contributed by atoms with Crippen LogP contribution in [0.15, 0.2) is 0 Å². The van der Waals surface area contributed by atoms with Gasteiger partial charge in [0.1, 0.15) is 0 Å². The van der Waals surface area contributed by atoms with Crippen molar-refractivity contribution in [3.8, 4) is 0 Å². The van der Waals surface area contributed by atoms with Crippen molar-refractivity contribution in [2.24, 2.45) is 5.92 Å². The summed E-state index contributed by atoms with van der Waals surface area (Å²) in [5.41, 5.74) is -0.444. The molecule has 3 heterocycles. The molecule has 0 amide bonds. The second-order valence-corrected chi connectivity index (χ2v) is 5.70. The van der Waals surface area contributed by atoms with E-state index in [1.54, 1.807) is 0 Å². The first-order chi connectivity index (χ1) is 7.81. The van der Waals surface area contributed by atoms with Gasteiger partial charge in [0.15, 0.2) is 0 Å². The molecule has 1 N–H and O–H groups in total. The molecule has 3 fully saturated rings. The number of ether oxygens (including phenoxy) is 1. The van der Waals surface area contributed by atoms with Gasteiger partial charge in [0.05, 0.1) is 12.2 Å². The highest BCUT2D eigenvalue weighted by Crippen LogP contribution is 2.42. The number of rotatable bonds is 1. The first kappa shape index (κ1) is 11.0. The maximum absolute atomic E-state index is 11.0. The molecule has 3 heteroatoms. The molecule has 0 aromatic rings. The number of fused-ring (bicyclic) bond motifs is 1. The molecule has 3 rings (SSSR count). The molecular formula is C13H23NO2. The summed E-state index contributed by atoms with van der Waals surface area (Å²) in [5, 5.41) is 11.0. The minimum atomic E-state index is -0.444. The summed E-state index contributed by atoms with van der Waals surface area (Å²) in [7, 11) is 0. The Hall–Kier alpha value is -0.120. The highest BCUT2D eigenvalue weighted by Gasteiger charge is 2.51.